The highest BCUT2D eigenvalue weighted by Gasteiger charge is 2.22. The molecule has 0 bridgehead atoms. The van der Waals surface area contributed by atoms with Crippen LogP contribution in [0.2, 0.25) is 0 Å². The highest BCUT2D eigenvalue weighted by atomic mass is 32.2. The average molecular weight is 322 g/mol. The Hall–Kier alpha value is -1.66. The number of aromatic nitrogens is 1. The molecule has 0 saturated heterocycles. The third-order valence-corrected chi connectivity index (χ3v) is 4.99. The summed E-state index contributed by atoms with van der Waals surface area (Å²) in [5.41, 5.74) is 1.79. The number of nitrogens with zero attached hydrogens (tertiary/aromatic N) is 1. The van der Waals surface area contributed by atoms with Crippen molar-refractivity contribution in [1.82, 2.24) is 9.88 Å². The average Bonchev–Trinajstić information content (AvgIpc) is 2.84. The summed E-state index contributed by atoms with van der Waals surface area (Å²) in [5, 5.41) is 3.77. The Bertz CT molecular complexity index is 740. The molecular weight excluding hydrogens is 300 g/mol. The van der Waals surface area contributed by atoms with E-state index in [0.717, 1.165) is 11.3 Å². The molecular formula is C16H22N2O3S. The molecule has 1 N–H and O–H groups in total. The van der Waals surface area contributed by atoms with Crippen LogP contribution in [0.1, 0.15) is 50.8 Å². The summed E-state index contributed by atoms with van der Waals surface area (Å²) in [5.74, 6) is 0.493. The summed E-state index contributed by atoms with van der Waals surface area (Å²) < 4.78 is 32.5. The van der Waals surface area contributed by atoms with E-state index < -0.39 is 16.1 Å². The Morgan fingerprint density at radius 2 is 1.77 bits per heavy atom. The first-order valence-corrected chi connectivity index (χ1v) is 8.64. The summed E-state index contributed by atoms with van der Waals surface area (Å²) >= 11 is 0. The minimum absolute atomic E-state index is 0.0135. The summed E-state index contributed by atoms with van der Waals surface area (Å²) in [4.78, 5) is 0.239. The predicted octanol–water partition coefficient (Wildman–Crippen LogP) is 3.32. The van der Waals surface area contributed by atoms with E-state index in [4.69, 9.17) is 4.52 Å². The zero-order valence-corrected chi connectivity index (χ0v) is 14.4. The van der Waals surface area contributed by atoms with E-state index in [1.54, 1.807) is 32.0 Å². The van der Waals surface area contributed by atoms with E-state index in [0.29, 0.717) is 5.76 Å². The smallest absolute Gasteiger partial charge is 0.241 e. The van der Waals surface area contributed by atoms with Gasteiger partial charge < -0.3 is 4.52 Å². The number of sulfonamides is 1. The zero-order chi connectivity index (χ0) is 16.5. The molecule has 120 valence electrons. The van der Waals surface area contributed by atoms with Gasteiger partial charge in [-0.25, -0.2) is 13.1 Å². The van der Waals surface area contributed by atoms with Crippen molar-refractivity contribution in [2.24, 2.45) is 0 Å². The maximum atomic E-state index is 12.4. The van der Waals surface area contributed by atoms with E-state index in [1.165, 1.54) is 0 Å². The van der Waals surface area contributed by atoms with E-state index in [2.05, 4.69) is 30.6 Å². The molecule has 2 aromatic rings. The molecule has 1 aromatic carbocycles. The van der Waals surface area contributed by atoms with Gasteiger partial charge in [0.2, 0.25) is 10.0 Å². The lowest BCUT2D eigenvalue weighted by atomic mass is 9.87. The standard InChI is InChI=1S/C16H22N2O3S/c1-11-10-15(21-17-11)12(2)18-22(19,20)14-8-6-13(7-9-14)16(3,4)5/h6-10,12,18H,1-5H3. The number of rotatable bonds is 4. The van der Waals surface area contributed by atoms with Crippen LogP contribution in [0, 0.1) is 6.92 Å². The number of hydrogen-bond acceptors (Lipinski definition) is 4. The largest absolute Gasteiger partial charge is 0.359 e. The molecule has 0 fully saturated rings. The predicted molar refractivity (Wildman–Crippen MR) is 85.1 cm³/mol. The second-order valence-electron chi connectivity index (χ2n) is 6.49. The van der Waals surface area contributed by atoms with Crippen molar-refractivity contribution in [3.63, 3.8) is 0 Å². The number of nitrogens with one attached hydrogen (secondary N) is 1. The van der Waals surface area contributed by atoms with Crippen molar-refractivity contribution in [1.29, 1.82) is 0 Å². The van der Waals surface area contributed by atoms with Gasteiger partial charge in [-0.05, 0) is 37.0 Å². The van der Waals surface area contributed by atoms with Crippen LogP contribution in [0.4, 0.5) is 0 Å². The minimum atomic E-state index is -3.60. The minimum Gasteiger partial charge on any atom is -0.359 e. The number of aryl methyl sites for hydroxylation is 1. The quantitative estimate of drug-likeness (QED) is 0.937. The van der Waals surface area contributed by atoms with Crippen molar-refractivity contribution in [2.45, 2.75) is 51.0 Å². The Labute approximate surface area is 131 Å². The van der Waals surface area contributed by atoms with Crippen LogP contribution in [0.15, 0.2) is 39.8 Å². The van der Waals surface area contributed by atoms with Crippen LogP contribution in [0.5, 0.6) is 0 Å². The number of benzene rings is 1. The fourth-order valence-electron chi connectivity index (χ4n) is 2.08. The Morgan fingerprint density at radius 3 is 2.23 bits per heavy atom. The van der Waals surface area contributed by atoms with Crippen molar-refractivity contribution < 1.29 is 12.9 Å². The topological polar surface area (TPSA) is 72.2 Å². The van der Waals surface area contributed by atoms with E-state index >= 15 is 0 Å². The third-order valence-electron chi connectivity index (χ3n) is 3.44. The lowest BCUT2D eigenvalue weighted by molar-refractivity contribution is 0.357. The van der Waals surface area contributed by atoms with Crippen LogP contribution >= 0.6 is 0 Å². The van der Waals surface area contributed by atoms with Gasteiger partial charge in [0.05, 0.1) is 16.6 Å². The molecule has 1 unspecified atom stereocenters. The molecule has 22 heavy (non-hydrogen) atoms. The molecule has 1 heterocycles. The molecule has 1 aromatic heterocycles. The van der Waals surface area contributed by atoms with E-state index in [1.807, 2.05) is 12.1 Å². The molecule has 5 nitrogen and oxygen atoms in total. The molecule has 0 radical (unpaired) electrons. The monoisotopic (exact) mass is 322 g/mol. The molecule has 0 aliphatic heterocycles. The van der Waals surface area contributed by atoms with Crippen LogP contribution in [-0.4, -0.2) is 13.6 Å². The Balaban J connectivity index is 2.20. The van der Waals surface area contributed by atoms with Crippen LogP contribution in [0.3, 0.4) is 0 Å². The fraction of sp³-hybridized carbons (Fsp3) is 0.438. The zero-order valence-electron chi connectivity index (χ0n) is 13.5. The van der Waals surface area contributed by atoms with Gasteiger partial charge >= 0.3 is 0 Å². The first-order valence-electron chi connectivity index (χ1n) is 7.16. The molecule has 0 aliphatic carbocycles. The molecule has 0 spiro atoms. The van der Waals surface area contributed by atoms with Gasteiger partial charge in [0.1, 0.15) is 0 Å². The van der Waals surface area contributed by atoms with Crippen LogP contribution in [-0.2, 0) is 15.4 Å². The van der Waals surface area contributed by atoms with Crippen molar-refractivity contribution in [2.75, 3.05) is 0 Å². The summed E-state index contributed by atoms with van der Waals surface area (Å²) in [7, 11) is -3.60. The van der Waals surface area contributed by atoms with Gasteiger partial charge in [-0.3, -0.25) is 0 Å². The Kier molecular flexibility index (Phi) is 4.44. The molecule has 0 saturated carbocycles. The van der Waals surface area contributed by atoms with Gasteiger partial charge in [-0.15, -0.1) is 0 Å². The number of hydrogen-bond donors (Lipinski definition) is 1. The second kappa shape index (κ2) is 5.85. The molecule has 0 amide bonds. The Morgan fingerprint density at radius 1 is 1.18 bits per heavy atom. The molecule has 1 atom stereocenters. The van der Waals surface area contributed by atoms with Gasteiger partial charge in [0.15, 0.2) is 5.76 Å². The molecule has 2 rings (SSSR count). The highest BCUT2D eigenvalue weighted by Crippen LogP contribution is 2.24. The van der Waals surface area contributed by atoms with Crippen molar-refractivity contribution in [3.8, 4) is 0 Å². The maximum absolute atomic E-state index is 12.4. The van der Waals surface area contributed by atoms with Crippen LogP contribution in [0.25, 0.3) is 0 Å². The van der Waals surface area contributed by atoms with E-state index in [9.17, 15) is 8.42 Å². The first kappa shape index (κ1) is 16.7. The lowest BCUT2D eigenvalue weighted by Crippen LogP contribution is -2.26. The fourth-order valence-corrected chi connectivity index (χ4v) is 3.29. The molecule has 6 heteroatoms. The van der Waals surface area contributed by atoms with Crippen LogP contribution < -0.4 is 4.72 Å². The van der Waals surface area contributed by atoms with Crippen molar-refractivity contribution in [3.05, 3.63) is 47.3 Å². The van der Waals surface area contributed by atoms with Gasteiger partial charge in [-0.2, -0.15) is 0 Å². The normalized spacial score (nSPS) is 14.0. The summed E-state index contributed by atoms with van der Waals surface area (Å²) in [6, 6.07) is 8.18. The summed E-state index contributed by atoms with van der Waals surface area (Å²) in [6.45, 7) is 9.77. The van der Waals surface area contributed by atoms with Crippen molar-refractivity contribution >= 4 is 10.0 Å². The molecule has 0 aliphatic rings. The summed E-state index contributed by atoms with van der Waals surface area (Å²) in [6.07, 6.45) is 0. The maximum Gasteiger partial charge on any atom is 0.241 e. The highest BCUT2D eigenvalue weighted by molar-refractivity contribution is 7.89. The first-order chi connectivity index (χ1) is 10.1. The van der Waals surface area contributed by atoms with Gasteiger partial charge in [-0.1, -0.05) is 38.1 Å². The SMILES string of the molecule is Cc1cc(C(C)NS(=O)(=O)c2ccc(C(C)(C)C)cc2)on1. The lowest BCUT2D eigenvalue weighted by Gasteiger charge is -2.19. The van der Waals surface area contributed by atoms with Gasteiger partial charge in [0, 0.05) is 6.07 Å². The van der Waals surface area contributed by atoms with Gasteiger partial charge in [0.25, 0.3) is 0 Å². The second-order valence-corrected chi connectivity index (χ2v) is 8.20. The van der Waals surface area contributed by atoms with E-state index in [-0.39, 0.29) is 10.3 Å². The third kappa shape index (κ3) is 3.75.